The van der Waals surface area contributed by atoms with Crippen molar-refractivity contribution >= 4 is 0 Å². The lowest BCUT2D eigenvalue weighted by atomic mass is 10.3. The van der Waals surface area contributed by atoms with Crippen molar-refractivity contribution in [1.29, 1.82) is 0 Å². The summed E-state index contributed by atoms with van der Waals surface area (Å²) in [5, 5.41) is 9.23. The van der Waals surface area contributed by atoms with Crippen molar-refractivity contribution in [2.75, 3.05) is 33.9 Å². The lowest BCUT2D eigenvalue weighted by Crippen LogP contribution is -2.33. The number of hydrogen-bond donors (Lipinski definition) is 1. The second-order valence-electron chi connectivity index (χ2n) is 3.10. The molecule has 72 valence electrons. The molecule has 0 spiro atoms. The van der Waals surface area contributed by atoms with Gasteiger partial charge in [0.2, 0.25) is 0 Å². The number of nitrogens with zero attached hydrogens (tertiary/aromatic N) is 1. The number of ether oxygens (including phenoxy) is 2. The van der Waals surface area contributed by atoms with E-state index >= 15 is 0 Å². The van der Waals surface area contributed by atoms with Gasteiger partial charge in [0, 0.05) is 33.9 Å². The highest BCUT2D eigenvalue weighted by molar-refractivity contribution is 4.74. The topological polar surface area (TPSA) is 41.9 Å². The fourth-order valence-corrected chi connectivity index (χ4v) is 1.43. The first-order valence-corrected chi connectivity index (χ1v) is 4.22. The van der Waals surface area contributed by atoms with Crippen LogP contribution in [0.25, 0.3) is 0 Å². The lowest BCUT2D eigenvalue weighted by molar-refractivity contribution is -0.114. The predicted octanol–water partition coefficient (Wildman–Crippen LogP) is -0.328. The number of aliphatic hydroxyl groups is 1. The van der Waals surface area contributed by atoms with Gasteiger partial charge >= 0.3 is 0 Å². The Morgan fingerprint density at radius 3 is 2.58 bits per heavy atom. The Labute approximate surface area is 73.1 Å². The van der Waals surface area contributed by atoms with Gasteiger partial charge in [-0.2, -0.15) is 0 Å². The van der Waals surface area contributed by atoms with E-state index in [-0.39, 0.29) is 12.4 Å². The molecule has 0 amide bonds. The lowest BCUT2D eigenvalue weighted by Gasteiger charge is -2.20. The second-order valence-corrected chi connectivity index (χ2v) is 3.10. The molecule has 1 fully saturated rings. The highest BCUT2D eigenvalue weighted by atomic mass is 16.7. The van der Waals surface area contributed by atoms with E-state index < -0.39 is 0 Å². The van der Waals surface area contributed by atoms with Gasteiger partial charge in [-0.1, -0.05) is 0 Å². The van der Waals surface area contributed by atoms with E-state index in [1.54, 1.807) is 14.2 Å². The van der Waals surface area contributed by atoms with Crippen molar-refractivity contribution in [2.45, 2.75) is 18.8 Å². The molecule has 1 rings (SSSR count). The van der Waals surface area contributed by atoms with Crippen molar-refractivity contribution in [1.82, 2.24) is 4.90 Å². The number of aliphatic hydroxyl groups excluding tert-OH is 1. The minimum Gasteiger partial charge on any atom is -0.392 e. The van der Waals surface area contributed by atoms with Crippen LogP contribution in [-0.4, -0.2) is 56.3 Å². The fourth-order valence-electron chi connectivity index (χ4n) is 1.43. The molecule has 0 aliphatic carbocycles. The zero-order valence-electron chi connectivity index (χ0n) is 7.69. The molecule has 0 saturated carbocycles. The summed E-state index contributed by atoms with van der Waals surface area (Å²) >= 11 is 0. The van der Waals surface area contributed by atoms with E-state index in [0.717, 1.165) is 26.1 Å². The van der Waals surface area contributed by atoms with Crippen LogP contribution in [0.5, 0.6) is 0 Å². The smallest absolute Gasteiger partial charge is 0.169 e. The largest absolute Gasteiger partial charge is 0.392 e. The molecule has 1 aliphatic rings. The molecule has 4 heteroatoms. The Kier molecular flexibility index (Phi) is 3.94. The van der Waals surface area contributed by atoms with Crippen LogP contribution in [0.1, 0.15) is 6.42 Å². The van der Waals surface area contributed by atoms with Crippen LogP contribution in [0.3, 0.4) is 0 Å². The van der Waals surface area contributed by atoms with E-state index in [2.05, 4.69) is 4.90 Å². The molecule has 4 nitrogen and oxygen atoms in total. The summed E-state index contributed by atoms with van der Waals surface area (Å²) in [7, 11) is 3.25. The zero-order valence-corrected chi connectivity index (χ0v) is 7.69. The molecule has 0 unspecified atom stereocenters. The van der Waals surface area contributed by atoms with Crippen LogP contribution in [-0.2, 0) is 9.47 Å². The molecule has 0 bridgehead atoms. The first-order valence-electron chi connectivity index (χ1n) is 4.22. The zero-order chi connectivity index (χ0) is 8.97. The summed E-state index contributed by atoms with van der Waals surface area (Å²) < 4.78 is 10.1. The third kappa shape index (κ3) is 2.71. The van der Waals surface area contributed by atoms with Crippen LogP contribution < -0.4 is 0 Å². The third-order valence-electron chi connectivity index (χ3n) is 2.18. The summed E-state index contributed by atoms with van der Waals surface area (Å²) in [6.45, 7) is 2.41. The molecule has 1 atom stereocenters. The van der Waals surface area contributed by atoms with E-state index in [1.165, 1.54) is 0 Å². The normalized spacial score (nSPS) is 25.5. The minimum atomic E-state index is -0.171. The first kappa shape index (κ1) is 9.92. The van der Waals surface area contributed by atoms with Gasteiger partial charge in [0.15, 0.2) is 6.29 Å². The standard InChI is InChI=1S/C8H17NO3/c1-11-8(12-2)6-9-4-3-7(10)5-9/h7-8,10H,3-6H2,1-2H3/t7-/m0/s1. The Balaban J connectivity index is 2.21. The summed E-state index contributed by atoms with van der Waals surface area (Å²) in [4.78, 5) is 2.14. The maximum Gasteiger partial charge on any atom is 0.169 e. The predicted molar refractivity (Wildman–Crippen MR) is 44.9 cm³/mol. The minimum absolute atomic E-state index is 0.167. The van der Waals surface area contributed by atoms with E-state index in [4.69, 9.17) is 9.47 Å². The SMILES string of the molecule is COC(CN1CC[C@H](O)C1)OC. The average Bonchev–Trinajstić information content (AvgIpc) is 2.47. The molecular weight excluding hydrogens is 158 g/mol. The first-order chi connectivity index (χ1) is 5.76. The van der Waals surface area contributed by atoms with E-state index in [1.807, 2.05) is 0 Å². The Bertz CT molecular complexity index is 127. The third-order valence-corrected chi connectivity index (χ3v) is 2.18. The quantitative estimate of drug-likeness (QED) is 0.594. The number of likely N-dealkylation sites (tertiary alicyclic amines) is 1. The van der Waals surface area contributed by atoms with E-state index in [0.29, 0.717) is 0 Å². The molecule has 1 saturated heterocycles. The van der Waals surface area contributed by atoms with Crippen molar-refractivity contribution in [3.05, 3.63) is 0 Å². The maximum absolute atomic E-state index is 9.23. The molecule has 1 N–H and O–H groups in total. The molecule has 12 heavy (non-hydrogen) atoms. The molecule has 1 heterocycles. The summed E-state index contributed by atoms with van der Waals surface area (Å²) in [6, 6.07) is 0. The van der Waals surface area contributed by atoms with Crippen LogP contribution in [0.2, 0.25) is 0 Å². The van der Waals surface area contributed by atoms with Crippen LogP contribution >= 0.6 is 0 Å². The van der Waals surface area contributed by atoms with Crippen LogP contribution in [0.4, 0.5) is 0 Å². The van der Waals surface area contributed by atoms with Crippen molar-refractivity contribution < 1.29 is 14.6 Å². The van der Waals surface area contributed by atoms with Gasteiger partial charge < -0.3 is 14.6 Å². The van der Waals surface area contributed by atoms with Gasteiger partial charge in [-0.3, -0.25) is 4.90 Å². The highest BCUT2D eigenvalue weighted by Gasteiger charge is 2.22. The second kappa shape index (κ2) is 4.77. The number of methoxy groups -OCH3 is 2. The van der Waals surface area contributed by atoms with Gasteiger partial charge in [0.25, 0.3) is 0 Å². The fraction of sp³-hybridized carbons (Fsp3) is 1.00. The van der Waals surface area contributed by atoms with Crippen LogP contribution in [0.15, 0.2) is 0 Å². The highest BCUT2D eigenvalue weighted by Crippen LogP contribution is 2.09. The van der Waals surface area contributed by atoms with Crippen molar-refractivity contribution in [2.24, 2.45) is 0 Å². The average molecular weight is 175 g/mol. The van der Waals surface area contributed by atoms with Crippen molar-refractivity contribution in [3.8, 4) is 0 Å². The Morgan fingerprint density at radius 2 is 2.17 bits per heavy atom. The van der Waals surface area contributed by atoms with Gasteiger partial charge in [0.05, 0.1) is 6.10 Å². The van der Waals surface area contributed by atoms with Crippen LogP contribution in [0, 0.1) is 0 Å². The summed E-state index contributed by atoms with van der Waals surface area (Å²) in [6.07, 6.45) is 0.523. The van der Waals surface area contributed by atoms with E-state index in [9.17, 15) is 5.11 Å². The molecule has 0 aromatic carbocycles. The molecule has 0 radical (unpaired) electrons. The van der Waals surface area contributed by atoms with Crippen molar-refractivity contribution in [3.63, 3.8) is 0 Å². The van der Waals surface area contributed by atoms with Gasteiger partial charge in [0.1, 0.15) is 0 Å². The summed E-state index contributed by atoms with van der Waals surface area (Å²) in [5.74, 6) is 0. The number of rotatable bonds is 4. The number of β-amino-alcohol motifs (C(OH)–C–C–N with tert-alkyl or cyclic N) is 1. The van der Waals surface area contributed by atoms with Gasteiger partial charge in [-0.15, -0.1) is 0 Å². The Morgan fingerprint density at radius 1 is 1.50 bits per heavy atom. The van der Waals surface area contributed by atoms with Gasteiger partial charge in [-0.05, 0) is 6.42 Å². The Hall–Kier alpha value is -0.160. The maximum atomic E-state index is 9.23. The summed E-state index contributed by atoms with van der Waals surface area (Å²) in [5.41, 5.74) is 0. The molecular formula is C8H17NO3. The monoisotopic (exact) mass is 175 g/mol. The molecule has 0 aromatic heterocycles. The van der Waals surface area contributed by atoms with Gasteiger partial charge in [-0.25, -0.2) is 0 Å². The molecule has 0 aromatic rings. The number of hydrogen-bond acceptors (Lipinski definition) is 4. The molecule has 1 aliphatic heterocycles.